The Morgan fingerprint density at radius 3 is 1.82 bits per heavy atom. The van der Waals surface area contributed by atoms with Crippen molar-refractivity contribution in [2.75, 3.05) is 78.7 Å². The van der Waals surface area contributed by atoms with Gasteiger partial charge >= 0.3 is 0 Å². The lowest BCUT2D eigenvalue weighted by atomic mass is 10.9. The maximum Gasteiger partial charge on any atom is 0.280 e. The fourth-order valence-electron chi connectivity index (χ4n) is 1.64. The van der Waals surface area contributed by atoms with Crippen LogP contribution in [0.5, 0.6) is 0 Å². The van der Waals surface area contributed by atoms with Crippen LogP contribution in [0.3, 0.4) is 0 Å². The first kappa shape index (κ1) is 40.6. The summed E-state index contributed by atoms with van der Waals surface area (Å²) in [6, 6.07) is 0. The molecule has 0 saturated heterocycles. The average molecular weight is 755 g/mol. The third-order valence-electron chi connectivity index (χ3n) is 3.11. The van der Waals surface area contributed by atoms with Gasteiger partial charge in [0.15, 0.2) is 0 Å². The minimum absolute atomic E-state index is 0.0149. The van der Waals surface area contributed by atoms with Crippen LogP contribution in [0, 0.1) is 0 Å². The highest BCUT2D eigenvalue weighted by Gasteiger charge is 2.03. The molecule has 2 atom stereocenters. The topological polar surface area (TPSA) is 158 Å². The van der Waals surface area contributed by atoms with Gasteiger partial charge in [-0.3, -0.25) is 28.0 Å². The fourth-order valence-corrected chi connectivity index (χ4v) is 11.7. The molecule has 0 aliphatic heterocycles. The van der Waals surface area contributed by atoms with Crippen molar-refractivity contribution < 1.29 is 28.2 Å². The zero-order chi connectivity index (χ0) is 28.8. The second-order valence-corrected chi connectivity index (χ2v) is 19.8. The van der Waals surface area contributed by atoms with Crippen molar-refractivity contribution >= 4 is 149 Å². The number of aliphatic imine (C=N–C) groups is 2. The third kappa shape index (κ3) is 32.4. The van der Waals surface area contributed by atoms with Crippen molar-refractivity contribution in [3.8, 4) is 0 Å². The molecule has 0 aromatic heterocycles. The summed E-state index contributed by atoms with van der Waals surface area (Å²) in [7, 11) is -2.31. The molecule has 2 amide bonds. The first-order valence-corrected chi connectivity index (χ1v) is 23.6. The molecule has 228 valence electrons. The molecule has 0 radical (unpaired) electrons. The van der Waals surface area contributed by atoms with E-state index >= 15 is 0 Å². The van der Waals surface area contributed by atoms with Crippen LogP contribution >= 0.6 is 106 Å². The summed E-state index contributed by atoms with van der Waals surface area (Å²) in [5, 5.41) is 27.1. The number of amides is 2. The molecule has 0 aromatic carbocycles. The van der Waals surface area contributed by atoms with Crippen LogP contribution in [-0.4, -0.2) is 119 Å². The predicted molar refractivity (Wildman–Crippen MR) is 191 cm³/mol. The van der Waals surface area contributed by atoms with Gasteiger partial charge in [0.05, 0.1) is 80.3 Å². The molecule has 0 aliphatic carbocycles. The van der Waals surface area contributed by atoms with E-state index in [4.69, 9.17) is 10.2 Å². The summed E-state index contributed by atoms with van der Waals surface area (Å²) in [6.45, 7) is -0.129. The van der Waals surface area contributed by atoms with E-state index in [1.807, 2.05) is 0 Å². The molecule has 21 heteroatoms. The molecule has 0 saturated carbocycles. The van der Waals surface area contributed by atoms with Crippen molar-refractivity contribution in [2.45, 2.75) is 0 Å². The minimum atomic E-state index is -1.21. The van der Waals surface area contributed by atoms with Gasteiger partial charge < -0.3 is 20.8 Å². The van der Waals surface area contributed by atoms with Gasteiger partial charge in [0.2, 0.25) is 0 Å². The number of nitrogens with zero attached hydrogens (tertiary/aromatic N) is 2. The summed E-state index contributed by atoms with van der Waals surface area (Å²) >= 11 is 13.6. The molecule has 0 fully saturated rings. The largest absolute Gasteiger partial charge is 0.396 e. The summed E-state index contributed by atoms with van der Waals surface area (Å²) in [6.07, 6.45) is 0. The predicted octanol–water partition coefficient (Wildman–Crippen LogP) is 4.12. The first-order valence-electron chi connectivity index (χ1n) is 10.8. The number of aliphatic hydroxyl groups excluding tert-OH is 2. The van der Waals surface area contributed by atoms with Gasteiger partial charge in [-0.25, -0.2) is 0 Å². The van der Waals surface area contributed by atoms with Crippen LogP contribution < -0.4 is 10.6 Å². The van der Waals surface area contributed by atoms with E-state index in [-0.39, 0.29) is 29.4 Å². The third-order valence-corrected chi connectivity index (χ3v) is 15.1. The van der Waals surface area contributed by atoms with Crippen molar-refractivity contribution in [1.29, 1.82) is 0 Å². The molecule has 0 aliphatic rings. The Balaban J connectivity index is 3.43. The number of hydrogen-bond donors (Lipinski definition) is 4. The van der Waals surface area contributed by atoms with Gasteiger partial charge in [0, 0.05) is 31.2 Å². The first-order chi connectivity index (χ1) is 19.0. The molecule has 2 unspecified atom stereocenters. The molecular formula is C18H34N4O6S11. The van der Waals surface area contributed by atoms with Gasteiger partial charge in [-0.1, -0.05) is 23.5 Å². The molecular weight excluding hydrogens is 721 g/mol. The van der Waals surface area contributed by atoms with E-state index in [9.17, 15) is 18.0 Å². The van der Waals surface area contributed by atoms with Crippen LogP contribution in [0.2, 0.25) is 0 Å². The normalized spacial score (nSPS) is 13.2. The highest BCUT2D eigenvalue weighted by atomic mass is 32.3. The van der Waals surface area contributed by atoms with Crippen LogP contribution in [0.15, 0.2) is 9.98 Å². The monoisotopic (exact) mass is 754 g/mol. The van der Waals surface area contributed by atoms with E-state index < -0.39 is 21.6 Å². The van der Waals surface area contributed by atoms with Gasteiger partial charge in [-0.2, -0.15) is 0 Å². The standard InChI is InChI=1S/C18H34N4O6S11/c23-1-3-36-17(25)21-7-31-12-30-6-20-10-39(28)16-35-14-33-13-34-15-37-18(26)22-8-32-11-29-5-19-9-38(27)4-2-24/h9-10,23-24H,1-8,11-16H2,(H,21,25)(H,22,26)/b19-9-,20-10-. The number of hydrogen-bond acceptors (Lipinski definition) is 17. The number of carbonyl (C=O) groups is 2. The highest BCUT2D eigenvalue weighted by Crippen LogP contribution is 2.22. The summed E-state index contributed by atoms with van der Waals surface area (Å²) in [5.74, 6) is 2.66. The second kappa shape index (κ2) is 32.6. The van der Waals surface area contributed by atoms with Crippen molar-refractivity contribution in [3.63, 3.8) is 0 Å². The van der Waals surface area contributed by atoms with Gasteiger partial charge in [-0.05, 0) is 0 Å². The van der Waals surface area contributed by atoms with Gasteiger partial charge in [-0.15, -0.1) is 82.3 Å². The van der Waals surface area contributed by atoms with Crippen LogP contribution in [0.25, 0.3) is 0 Å². The maximum atomic E-state index is 11.9. The SMILES string of the molecule is O=C(NCSCSC/N=C\S(=O)CSCSCSCSC(=O)NCSCSC/N=C\S(=O)CCO)SCCO. The zero-order valence-corrected chi connectivity index (χ0v) is 29.9. The lowest BCUT2D eigenvalue weighted by molar-refractivity contribution is 0.261. The van der Waals surface area contributed by atoms with E-state index in [1.54, 1.807) is 82.3 Å². The molecule has 0 aromatic rings. The summed E-state index contributed by atoms with van der Waals surface area (Å²) in [4.78, 5) is 31.3. The highest BCUT2D eigenvalue weighted by molar-refractivity contribution is 8.29. The number of aliphatic hydroxyl groups is 2. The van der Waals surface area contributed by atoms with Crippen LogP contribution in [-0.2, 0) is 21.6 Å². The van der Waals surface area contributed by atoms with Crippen molar-refractivity contribution in [3.05, 3.63) is 0 Å². The van der Waals surface area contributed by atoms with Crippen molar-refractivity contribution in [2.24, 2.45) is 9.98 Å². The van der Waals surface area contributed by atoms with E-state index in [2.05, 4.69) is 20.6 Å². The number of carbonyl (C=O) groups excluding carboxylic acids is 2. The molecule has 39 heavy (non-hydrogen) atoms. The summed E-state index contributed by atoms with van der Waals surface area (Å²) < 4.78 is 23.2. The molecule has 4 N–H and O–H groups in total. The second-order valence-electron chi connectivity index (χ2n) is 6.09. The quantitative estimate of drug-likeness (QED) is 0.0433. The molecule has 0 heterocycles. The van der Waals surface area contributed by atoms with Crippen molar-refractivity contribution in [1.82, 2.24) is 10.6 Å². The Morgan fingerprint density at radius 2 is 1.21 bits per heavy atom. The van der Waals surface area contributed by atoms with Gasteiger partial charge in [0.25, 0.3) is 10.5 Å². The molecule has 0 spiro atoms. The Labute approximate surface area is 274 Å². The van der Waals surface area contributed by atoms with E-state index in [0.29, 0.717) is 39.4 Å². The number of thioether (sulfide) groups is 9. The smallest absolute Gasteiger partial charge is 0.280 e. The fraction of sp³-hybridized carbons (Fsp3) is 0.778. The number of nitrogens with one attached hydrogen (secondary N) is 2. The van der Waals surface area contributed by atoms with Crippen LogP contribution in [0.4, 0.5) is 9.59 Å². The van der Waals surface area contributed by atoms with E-state index in [1.165, 1.54) is 22.9 Å². The zero-order valence-electron chi connectivity index (χ0n) is 21.0. The average Bonchev–Trinajstić information content (AvgIpc) is 2.92. The van der Waals surface area contributed by atoms with Gasteiger partial charge in [0.1, 0.15) is 0 Å². The molecule has 10 nitrogen and oxygen atoms in total. The maximum absolute atomic E-state index is 11.9. The van der Waals surface area contributed by atoms with Crippen LogP contribution in [0.1, 0.15) is 0 Å². The van der Waals surface area contributed by atoms with E-state index in [0.717, 1.165) is 32.1 Å². The Hall–Kier alpha value is 1.65. The molecule has 0 rings (SSSR count). The molecule has 0 bridgehead atoms. The lowest BCUT2D eigenvalue weighted by Gasteiger charge is -2.04. The minimum Gasteiger partial charge on any atom is -0.396 e. The lowest BCUT2D eigenvalue weighted by Crippen LogP contribution is -2.18. The summed E-state index contributed by atoms with van der Waals surface area (Å²) in [5.41, 5.74) is 2.85. The Morgan fingerprint density at radius 1 is 0.667 bits per heavy atom. The number of rotatable bonds is 26. The Bertz CT molecular complexity index is 740. The Kier molecular flexibility index (Phi) is 33.9.